The van der Waals surface area contributed by atoms with E-state index in [0.29, 0.717) is 11.7 Å². The van der Waals surface area contributed by atoms with Crippen LogP contribution < -0.4 is 10.1 Å². The molecule has 1 fully saturated rings. The smallest absolute Gasteiger partial charge is 0.344 e. The van der Waals surface area contributed by atoms with Gasteiger partial charge in [0.15, 0.2) is 12.7 Å². The molecule has 1 N–H and O–H groups in total. The van der Waals surface area contributed by atoms with Crippen LogP contribution in [0.1, 0.15) is 70.8 Å². The Bertz CT molecular complexity index is 591. The van der Waals surface area contributed by atoms with Crippen LogP contribution in [0, 0.1) is 0 Å². The van der Waals surface area contributed by atoms with Crippen LogP contribution in [0.4, 0.5) is 0 Å². The van der Waals surface area contributed by atoms with Gasteiger partial charge in [0.1, 0.15) is 5.75 Å². The molecule has 1 saturated carbocycles. The molecule has 5 nitrogen and oxygen atoms in total. The first-order valence-electron chi connectivity index (χ1n) is 9.69. The number of carbonyl (C=O) groups excluding carboxylic acids is 2. The van der Waals surface area contributed by atoms with Crippen LogP contribution in [0.15, 0.2) is 24.3 Å². The van der Waals surface area contributed by atoms with E-state index in [2.05, 4.69) is 19.2 Å². The van der Waals surface area contributed by atoms with E-state index < -0.39 is 12.1 Å². The number of rotatable bonds is 7. The Kier molecular flexibility index (Phi) is 7.95. The summed E-state index contributed by atoms with van der Waals surface area (Å²) < 4.78 is 10.8. The zero-order valence-electron chi connectivity index (χ0n) is 16.1. The van der Waals surface area contributed by atoms with Crippen molar-refractivity contribution in [3.63, 3.8) is 0 Å². The number of nitrogens with one attached hydrogen (secondary N) is 1. The van der Waals surface area contributed by atoms with E-state index in [1.165, 1.54) is 12.8 Å². The molecule has 144 valence electrons. The number of esters is 1. The summed E-state index contributed by atoms with van der Waals surface area (Å²) in [5.74, 6) is 0.210. The second-order valence-corrected chi connectivity index (χ2v) is 7.31. The SMILES string of the molecule is CC(C)c1ccccc1OCC(=O)O[C@@H](C)C(=O)NC1CCCCCC1. The summed E-state index contributed by atoms with van der Waals surface area (Å²) in [4.78, 5) is 24.3. The number of ether oxygens (including phenoxy) is 2. The highest BCUT2D eigenvalue weighted by atomic mass is 16.6. The fourth-order valence-corrected chi connectivity index (χ4v) is 3.25. The third-order valence-corrected chi connectivity index (χ3v) is 4.77. The van der Waals surface area contributed by atoms with E-state index in [-0.39, 0.29) is 18.6 Å². The van der Waals surface area contributed by atoms with Gasteiger partial charge in [-0.3, -0.25) is 4.79 Å². The van der Waals surface area contributed by atoms with Gasteiger partial charge in [0.25, 0.3) is 5.91 Å². The van der Waals surface area contributed by atoms with Crippen molar-refractivity contribution in [3.8, 4) is 5.75 Å². The summed E-state index contributed by atoms with van der Waals surface area (Å²) in [7, 11) is 0. The fraction of sp³-hybridized carbons (Fsp3) is 0.619. The summed E-state index contributed by atoms with van der Waals surface area (Å²) in [6, 6.07) is 7.83. The number of benzene rings is 1. The van der Waals surface area contributed by atoms with Crippen LogP contribution in [0.3, 0.4) is 0 Å². The Labute approximate surface area is 156 Å². The average molecular weight is 361 g/mol. The van der Waals surface area contributed by atoms with Crippen LogP contribution in [0.2, 0.25) is 0 Å². The molecule has 1 aromatic rings. The minimum Gasteiger partial charge on any atom is -0.482 e. The third-order valence-electron chi connectivity index (χ3n) is 4.77. The number of hydrogen-bond acceptors (Lipinski definition) is 4. The minimum absolute atomic E-state index is 0.195. The van der Waals surface area contributed by atoms with Gasteiger partial charge >= 0.3 is 5.97 Å². The minimum atomic E-state index is -0.810. The van der Waals surface area contributed by atoms with Gasteiger partial charge in [-0.2, -0.15) is 0 Å². The first-order chi connectivity index (χ1) is 12.5. The molecular weight excluding hydrogens is 330 g/mol. The van der Waals surface area contributed by atoms with Crippen LogP contribution in [-0.2, 0) is 14.3 Å². The van der Waals surface area contributed by atoms with E-state index in [1.807, 2.05) is 24.3 Å². The molecule has 2 rings (SSSR count). The summed E-state index contributed by atoms with van der Waals surface area (Å²) in [5, 5.41) is 3.00. The number of para-hydroxylation sites is 1. The van der Waals surface area contributed by atoms with Gasteiger partial charge < -0.3 is 14.8 Å². The molecule has 1 amide bonds. The Morgan fingerprint density at radius 1 is 1.08 bits per heavy atom. The monoisotopic (exact) mass is 361 g/mol. The molecule has 0 spiro atoms. The molecule has 1 atom stereocenters. The molecule has 1 aliphatic carbocycles. The van der Waals surface area contributed by atoms with Gasteiger partial charge in [0.2, 0.25) is 0 Å². The molecule has 26 heavy (non-hydrogen) atoms. The second-order valence-electron chi connectivity index (χ2n) is 7.31. The zero-order valence-corrected chi connectivity index (χ0v) is 16.1. The number of carbonyl (C=O) groups is 2. The van der Waals surface area contributed by atoms with Crippen molar-refractivity contribution in [1.29, 1.82) is 0 Å². The van der Waals surface area contributed by atoms with E-state index in [4.69, 9.17) is 9.47 Å². The van der Waals surface area contributed by atoms with Crippen molar-refractivity contribution >= 4 is 11.9 Å². The highest BCUT2D eigenvalue weighted by molar-refractivity contribution is 5.83. The Morgan fingerprint density at radius 3 is 2.38 bits per heavy atom. The van der Waals surface area contributed by atoms with Crippen molar-refractivity contribution < 1.29 is 19.1 Å². The normalized spacial score (nSPS) is 16.6. The van der Waals surface area contributed by atoms with E-state index in [9.17, 15) is 9.59 Å². The first-order valence-corrected chi connectivity index (χ1v) is 9.69. The molecule has 5 heteroatoms. The lowest BCUT2D eigenvalue weighted by Crippen LogP contribution is -2.42. The number of hydrogen-bond donors (Lipinski definition) is 1. The predicted octanol–water partition coefficient (Wildman–Crippen LogP) is 3.96. The van der Waals surface area contributed by atoms with Crippen molar-refractivity contribution in [1.82, 2.24) is 5.32 Å². The van der Waals surface area contributed by atoms with Crippen molar-refractivity contribution in [2.24, 2.45) is 0 Å². The highest BCUT2D eigenvalue weighted by Gasteiger charge is 2.22. The number of amides is 1. The summed E-state index contributed by atoms with van der Waals surface area (Å²) >= 11 is 0. The van der Waals surface area contributed by atoms with Gasteiger partial charge in [0, 0.05) is 6.04 Å². The van der Waals surface area contributed by atoms with E-state index in [1.54, 1.807) is 6.92 Å². The van der Waals surface area contributed by atoms with Crippen LogP contribution >= 0.6 is 0 Å². The summed E-state index contributed by atoms with van der Waals surface area (Å²) in [6.07, 6.45) is 5.93. The lowest BCUT2D eigenvalue weighted by molar-refractivity contribution is -0.156. The Morgan fingerprint density at radius 2 is 1.73 bits per heavy atom. The molecule has 0 saturated heterocycles. The lowest BCUT2D eigenvalue weighted by Gasteiger charge is -2.20. The topological polar surface area (TPSA) is 64.6 Å². The maximum absolute atomic E-state index is 12.2. The molecule has 0 aliphatic heterocycles. The standard InChI is InChI=1S/C21H31NO4/c1-15(2)18-12-8-9-13-19(18)25-14-20(23)26-16(3)21(24)22-17-10-6-4-5-7-11-17/h8-9,12-13,15-17H,4-7,10-11,14H2,1-3H3,(H,22,24)/t16-/m0/s1. The van der Waals surface area contributed by atoms with Crippen molar-refractivity contribution in [2.45, 2.75) is 77.4 Å². The van der Waals surface area contributed by atoms with Gasteiger partial charge in [-0.25, -0.2) is 4.79 Å². The van der Waals surface area contributed by atoms with Crippen LogP contribution in [-0.4, -0.2) is 30.6 Å². The molecule has 0 heterocycles. The Hall–Kier alpha value is -2.04. The largest absolute Gasteiger partial charge is 0.482 e. The summed E-state index contributed by atoms with van der Waals surface area (Å²) in [6.45, 7) is 5.54. The third kappa shape index (κ3) is 6.36. The molecule has 0 aromatic heterocycles. The van der Waals surface area contributed by atoms with Crippen LogP contribution in [0.25, 0.3) is 0 Å². The molecular formula is C21H31NO4. The maximum atomic E-state index is 12.2. The first kappa shape index (κ1) is 20.3. The predicted molar refractivity (Wildman–Crippen MR) is 101 cm³/mol. The van der Waals surface area contributed by atoms with Gasteiger partial charge in [-0.05, 0) is 37.3 Å². The average Bonchev–Trinajstić information content (AvgIpc) is 2.88. The quantitative estimate of drug-likeness (QED) is 0.590. The van der Waals surface area contributed by atoms with Crippen molar-refractivity contribution in [2.75, 3.05) is 6.61 Å². The van der Waals surface area contributed by atoms with E-state index in [0.717, 1.165) is 31.2 Å². The fourth-order valence-electron chi connectivity index (χ4n) is 3.25. The van der Waals surface area contributed by atoms with Crippen LogP contribution in [0.5, 0.6) is 5.75 Å². The van der Waals surface area contributed by atoms with Crippen molar-refractivity contribution in [3.05, 3.63) is 29.8 Å². The lowest BCUT2D eigenvalue weighted by atomic mass is 10.0. The van der Waals surface area contributed by atoms with E-state index >= 15 is 0 Å². The highest BCUT2D eigenvalue weighted by Crippen LogP contribution is 2.25. The molecule has 0 unspecified atom stereocenters. The molecule has 1 aromatic carbocycles. The van der Waals surface area contributed by atoms with Gasteiger partial charge in [0.05, 0.1) is 0 Å². The maximum Gasteiger partial charge on any atom is 0.344 e. The molecule has 0 bridgehead atoms. The zero-order chi connectivity index (χ0) is 18.9. The van der Waals surface area contributed by atoms with Gasteiger partial charge in [-0.1, -0.05) is 57.7 Å². The van der Waals surface area contributed by atoms with Gasteiger partial charge in [-0.15, -0.1) is 0 Å². The molecule has 1 aliphatic rings. The second kappa shape index (κ2) is 10.2. The Balaban J connectivity index is 1.78. The molecule has 0 radical (unpaired) electrons. The summed E-state index contributed by atoms with van der Waals surface area (Å²) in [5.41, 5.74) is 1.04.